The highest BCUT2D eigenvalue weighted by Gasteiger charge is 2.33. The highest BCUT2D eigenvalue weighted by Crippen LogP contribution is 2.24. The maximum atomic E-state index is 13.2. The Balaban J connectivity index is 2.98. The Labute approximate surface area is 114 Å². The van der Waals surface area contributed by atoms with E-state index in [0.717, 1.165) is 12.5 Å². The van der Waals surface area contributed by atoms with Crippen LogP contribution in [0.1, 0.15) is 25.8 Å². The summed E-state index contributed by atoms with van der Waals surface area (Å²) < 4.78 is 26.5. The molecule has 108 valence electrons. The Morgan fingerprint density at radius 3 is 2.11 bits per heavy atom. The smallest absolute Gasteiger partial charge is 0.126 e. The summed E-state index contributed by atoms with van der Waals surface area (Å²) in [6.07, 6.45) is 1.54. The van der Waals surface area contributed by atoms with Gasteiger partial charge in [-0.2, -0.15) is 0 Å². The summed E-state index contributed by atoms with van der Waals surface area (Å²) in [5, 5.41) is 3.28. The van der Waals surface area contributed by atoms with Crippen molar-refractivity contribution < 1.29 is 8.78 Å². The lowest BCUT2D eigenvalue weighted by atomic mass is 9.84. The third kappa shape index (κ3) is 3.74. The van der Waals surface area contributed by atoms with Crippen LogP contribution in [0.2, 0.25) is 0 Å². The Morgan fingerprint density at radius 1 is 1.21 bits per heavy atom. The summed E-state index contributed by atoms with van der Waals surface area (Å²) in [7, 11) is 5.94. The molecule has 2 atom stereocenters. The molecule has 2 unspecified atom stereocenters. The molecule has 0 aliphatic rings. The van der Waals surface area contributed by atoms with Gasteiger partial charge in [0, 0.05) is 17.6 Å². The fourth-order valence-corrected chi connectivity index (χ4v) is 2.47. The fourth-order valence-electron chi connectivity index (χ4n) is 2.47. The van der Waals surface area contributed by atoms with Crippen LogP contribution in [-0.4, -0.2) is 37.6 Å². The first kappa shape index (κ1) is 16.1. The zero-order valence-electron chi connectivity index (χ0n) is 12.4. The maximum absolute atomic E-state index is 13.2. The van der Waals surface area contributed by atoms with E-state index in [4.69, 9.17) is 0 Å². The molecule has 0 amide bonds. The van der Waals surface area contributed by atoms with E-state index in [-0.39, 0.29) is 11.6 Å². The zero-order valence-corrected chi connectivity index (χ0v) is 12.4. The number of likely N-dealkylation sites (N-methyl/N-ethyl adjacent to an activating group) is 2. The third-order valence-electron chi connectivity index (χ3n) is 4.20. The lowest BCUT2D eigenvalue weighted by molar-refractivity contribution is 0.116. The molecule has 0 heterocycles. The number of nitrogens with one attached hydrogen (secondary N) is 1. The number of hydrogen-bond donors (Lipinski definition) is 1. The lowest BCUT2D eigenvalue weighted by Gasteiger charge is -2.42. The van der Waals surface area contributed by atoms with Gasteiger partial charge < -0.3 is 10.2 Å². The van der Waals surface area contributed by atoms with E-state index in [1.165, 1.54) is 12.1 Å². The van der Waals surface area contributed by atoms with Crippen LogP contribution >= 0.6 is 0 Å². The van der Waals surface area contributed by atoms with E-state index < -0.39 is 11.6 Å². The second-order valence-corrected chi connectivity index (χ2v) is 5.43. The number of halogens is 2. The van der Waals surface area contributed by atoms with Gasteiger partial charge in [-0.25, -0.2) is 8.78 Å². The van der Waals surface area contributed by atoms with Crippen LogP contribution < -0.4 is 5.32 Å². The minimum Gasteiger partial charge on any atom is -0.315 e. The van der Waals surface area contributed by atoms with Crippen LogP contribution in [0, 0.1) is 11.6 Å². The average molecular weight is 270 g/mol. The minimum atomic E-state index is -0.520. The Kier molecular flexibility index (Phi) is 5.44. The molecule has 0 bridgehead atoms. The molecule has 2 nitrogen and oxygen atoms in total. The Hall–Kier alpha value is -1.00. The summed E-state index contributed by atoms with van der Waals surface area (Å²) >= 11 is 0. The van der Waals surface area contributed by atoms with Crippen LogP contribution in [-0.2, 0) is 6.42 Å². The van der Waals surface area contributed by atoms with Gasteiger partial charge in [0.05, 0.1) is 0 Å². The summed E-state index contributed by atoms with van der Waals surface area (Å²) in [4.78, 5) is 2.16. The van der Waals surface area contributed by atoms with Crippen molar-refractivity contribution in [2.75, 3.05) is 21.1 Å². The molecule has 1 aromatic carbocycles. The van der Waals surface area contributed by atoms with E-state index >= 15 is 0 Å². The van der Waals surface area contributed by atoms with Crippen LogP contribution in [0.15, 0.2) is 18.2 Å². The van der Waals surface area contributed by atoms with Crippen LogP contribution in [0.4, 0.5) is 8.78 Å². The van der Waals surface area contributed by atoms with Crippen molar-refractivity contribution in [3.05, 3.63) is 35.4 Å². The normalized spacial score (nSPS) is 16.4. The summed E-state index contributed by atoms with van der Waals surface area (Å²) in [6, 6.07) is 3.83. The molecule has 0 radical (unpaired) electrons. The van der Waals surface area contributed by atoms with Crippen molar-refractivity contribution in [3.8, 4) is 0 Å². The molecule has 0 aliphatic carbocycles. The predicted octanol–water partition coefficient (Wildman–Crippen LogP) is 2.83. The molecule has 19 heavy (non-hydrogen) atoms. The molecule has 0 fully saturated rings. The molecule has 0 saturated heterocycles. The molecule has 1 aromatic rings. The fraction of sp³-hybridized carbons (Fsp3) is 0.600. The first-order chi connectivity index (χ1) is 8.83. The van der Waals surface area contributed by atoms with E-state index in [2.05, 4.69) is 24.1 Å². The second kappa shape index (κ2) is 6.44. The first-order valence-electron chi connectivity index (χ1n) is 6.63. The van der Waals surface area contributed by atoms with Crippen molar-refractivity contribution >= 4 is 0 Å². The lowest BCUT2D eigenvalue weighted by Crippen LogP contribution is -2.56. The van der Waals surface area contributed by atoms with Crippen LogP contribution in [0.5, 0.6) is 0 Å². The van der Waals surface area contributed by atoms with E-state index in [0.29, 0.717) is 12.0 Å². The molecule has 0 aliphatic heterocycles. The monoisotopic (exact) mass is 270 g/mol. The maximum Gasteiger partial charge on any atom is 0.126 e. The molecule has 1 N–H and O–H groups in total. The van der Waals surface area contributed by atoms with Gasteiger partial charge in [-0.15, -0.1) is 0 Å². The van der Waals surface area contributed by atoms with Crippen molar-refractivity contribution in [1.29, 1.82) is 0 Å². The molecule has 0 aromatic heterocycles. The van der Waals surface area contributed by atoms with Gasteiger partial charge >= 0.3 is 0 Å². The van der Waals surface area contributed by atoms with Crippen molar-refractivity contribution in [3.63, 3.8) is 0 Å². The van der Waals surface area contributed by atoms with Gasteiger partial charge in [-0.05, 0) is 58.6 Å². The average Bonchev–Trinajstić information content (AvgIpc) is 2.33. The number of rotatable bonds is 6. The van der Waals surface area contributed by atoms with Crippen LogP contribution in [0.3, 0.4) is 0 Å². The van der Waals surface area contributed by atoms with E-state index in [9.17, 15) is 8.78 Å². The standard InChI is InChI=1S/C15H24F2N2/c1-6-15(2,19(4)5)14(18-3)9-11-7-12(16)10-13(17)8-11/h7-8,10,14,18H,6,9H2,1-5H3. The second-order valence-electron chi connectivity index (χ2n) is 5.43. The zero-order chi connectivity index (χ0) is 14.6. The van der Waals surface area contributed by atoms with Gasteiger partial charge in [0.25, 0.3) is 0 Å². The molecular weight excluding hydrogens is 246 g/mol. The largest absolute Gasteiger partial charge is 0.315 e. The molecular formula is C15H24F2N2. The summed E-state index contributed by atoms with van der Waals surface area (Å²) in [5.41, 5.74) is 0.607. The summed E-state index contributed by atoms with van der Waals surface area (Å²) in [6.45, 7) is 4.28. The number of benzene rings is 1. The van der Waals surface area contributed by atoms with Crippen molar-refractivity contribution in [1.82, 2.24) is 10.2 Å². The predicted molar refractivity (Wildman–Crippen MR) is 75.3 cm³/mol. The van der Waals surface area contributed by atoms with Crippen molar-refractivity contribution in [2.45, 2.75) is 38.3 Å². The molecule has 1 rings (SSSR count). The van der Waals surface area contributed by atoms with E-state index in [1.54, 1.807) is 0 Å². The topological polar surface area (TPSA) is 15.3 Å². The quantitative estimate of drug-likeness (QED) is 0.855. The van der Waals surface area contributed by atoms with Gasteiger partial charge in [0.1, 0.15) is 11.6 Å². The minimum absolute atomic E-state index is 0.0719. The van der Waals surface area contributed by atoms with Gasteiger partial charge in [0.15, 0.2) is 0 Å². The van der Waals surface area contributed by atoms with Gasteiger partial charge in [-0.1, -0.05) is 6.92 Å². The SMILES string of the molecule is CCC(C)(C(Cc1cc(F)cc(F)c1)NC)N(C)C. The van der Waals surface area contributed by atoms with E-state index in [1.807, 2.05) is 21.1 Å². The highest BCUT2D eigenvalue weighted by atomic mass is 19.1. The molecule has 0 spiro atoms. The third-order valence-corrected chi connectivity index (χ3v) is 4.20. The number of hydrogen-bond acceptors (Lipinski definition) is 2. The highest BCUT2D eigenvalue weighted by molar-refractivity contribution is 5.20. The van der Waals surface area contributed by atoms with Crippen LogP contribution in [0.25, 0.3) is 0 Å². The molecule has 0 saturated carbocycles. The number of nitrogens with zero attached hydrogens (tertiary/aromatic N) is 1. The Morgan fingerprint density at radius 2 is 1.74 bits per heavy atom. The summed E-state index contributed by atoms with van der Waals surface area (Å²) in [5.74, 6) is -1.04. The first-order valence-corrected chi connectivity index (χ1v) is 6.63. The Bertz CT molecular complexity index is 400. The van der Waals surface area contributed by atoms with Crippen molar-refractivity contribution in [2.24, 2.45) is 0 Å². The molecule has 4 heteroatoms. The van der Waals surface area contributed by atoms with Gasteiger partial charge in [-0.3, -0.25) is 0 Å². The van der Waals surface area contributed by atoms with Gasteiger partial charge in [0.2, 0.25) is 0 Å².